The molecule has 9 aromatic rings. The number of fused-ring (bicyclic) bond motifs is 3. The molecular weight excluding hydrogens is 1470 g/mol. The van der Waals surface area contributed by atoms with Crippen LogP contribution in [0.5, 0.6) is 17.2 Å². The first-order chi connectivity index (χ1) is 50.4. The Morgan fingerprint density at radius 2 is 0.698 bits per heavy atom. The van der Waals surface area contributed by atoms with Crippen LogP contribution < -0.4 is 46.7 Å². The van der Waals surface area contributed by atoms with Crippen LogP contribution in [0.4, 0.5) is 44.6 Å². The molecule has 3 amide bonds. The molecule has 1 radical (unpaired) electrons. The molecule has 3 aliphatic carbocycles. The van der Waals surface area contributed by atoms with Gasteiger partial charge < -0.3 is 75.8 Å². The summed E-state index contributed by atoms with van der Waals surface area (Å²) < 4.78 is 59.0. The van der Waals surface area contributed by atoms with Crippen LogP contribution in [0, 0.1) is 51.4 Å². The summed E-state index contributed by atoms with van der Waals surface area (Å²) >= 11 is 19.0. The van der Waals surface area contributed by atoms with Crippen LogP contribution in [0.3, 0.4) is 0 Å². The first-order valence-corrected chi connectivity index (χ1v) is 34.3. The van der Waals surface area contributed by atoms with Gasteiger partial charge in [-0.25, -0.2) is 43.1 Å². The van der Waals surface area contributed by atoms with Gasteiger partial charge in [-0.15, -0.1) is 0 Å². The molecule has 0 aliphatic heterocycles. The molecule has 24 nitrogen and oxygen atoms in total. The van der Waals surface area contributed by atoms with E-state index in [1.165, 1.54) is 72.8 Å². The number of carbonyl (C=O) groups excluding carboxylic acids is 3. The molecule has 0 saturated carbocycles. The number of amides is 3. The molecule has 6 unspecified atom stereocenters. The number of rotatable bonds is 21. The second-order valence-corrected chi connectivity index (χ2v) is 25.5. The fourth-order valence-corrected chi connectivity index (χ4v) is 13.6. The third-order valence-corrected chi connectivity index (χ3v) is 18.7. The molecule has 12 rings (SSSR count). The largest absolute Gasteiger partial charge is 3.00 e. The van der Waals surface area contributed by atoms with E-state index >= 15 is 0 Å². The number of nitrogens with zero attached hydrogens (tertiary/aromatic N) is 12. The Morgan fingerprint density at radius 1 is 0.453 bits per heavy atom. The number of nitrogens with two attached hydrogens (primary N) is 3. The van der Waals surface area contributed by atoms with Crippen LogP contribution in [-0.4, -0.2) is 102 Å². The minimum Gasteiger partial charge on any atom is -0.530 e. The number of hydrogen-bond donors (Lipinski definition) is 3. The summed E-state index contributed by atoms with van der Waals surface area (Å²) in [5.41, 5.74) is 27.9. The van der Waals surface area contributed by atoms with Crippen LogP contribution in [0.15, 0.2) is 127 Å². The predicted molar refractivity (Wildman–Crippen MR) is 376 cm³/mol. The number of likely N-dealkylation sites (N-methyl/N-ethyl adjacent to an activating group) is 3. The Hall–Kier alpha value is -11.2. The fourth-order valence-electron chi connectivity index (χ4n) is 13.0. The molecule has 3 aliphatic rings. The Balaban J connectivity index is 0.000000183. The third-order valence-electron chi connectivity index (χ3n) is 18.2. The van der Waals surface area contributed by atoms with Gasteiger partial charge in [0.2, 0.25) is 15.9 Å². The molecule has 0 saturated heterocycles. The van der Waals surface area contributed by atoms with Gasteiger partial charge in [-0.3, -0.25) is 0 Å². The standard InChI is InChI=1S/3C25H23ClFN5O3.Fe/c3*1-2-32(25(33)34)13-21(35-20-11-17(29)8-5-15(20)12-28)23-19-10-9-18(22(19)30-24(26)31-23)14-3-6-16(27)7-4-14;/h3*3-8,11,18,21H,2,9-10,13,29H2,1H3,(H,33,34);/q;;;+3/p-3. The molecule has 6 N–H and O–H groups in total. The molecule has 0 bridgehead atoms. The van der Waals surface area contributed by atoms with Crippen molar-refractivity contribution in [2.24, 2.45) is 0 Å². The number of nitriles is 3. The Kier molecular flexibility index (Phi) is 26.5. The van der Waals surface area contributed by atoms with E-state index in [0.717, 1.165) is 48.1 Å². The van der Waals surface area contributed by atoms with E-state index in [0.29, 0.717) is 89.8 Å². The minimum atomic E-state index is -1.37. The van der Waals surface area contributed by atoms with Crippen molar-refractivity contribution in [2.45, 2.75) is 95.4 Å². The molecule has 0 fully saturated rings. The number of carbonyl (C=O) groups is 3. The van der Waals surface area contributed by atoms with Gasteiger partial charge in [0.15, 0.2) is 18.3 Å². The minimum absolute atomic E-state index is 0. The normalized spacial score (nSPS) is 15.1. The summed E-state index contributed by atoms with van der Waals surface area (Å²) in [5, 5.41) is 63.6. The number of anilines is 3. The summed E-state index contributed by atoms with van der Waals surface area (Å²) in [7, 11) is 0. The Morgan fingerprint density at radius 3 is 0.915 bits per heavy atom. The van der Waals surface area contributed by atoms with Gasteiger partial charge in [0.25, 0.3) is 0 Å². The van der Waals surface area contributed by atoms with Crippen LogP contribution >= 0.6 is 34.8 Å². The molecule has 31 heteroatoms. The number of ether oxygens (including phenoxy) is 3. The summed E-state index contributed by atoms with van der Waals surface area (Å²) in [5.74, 6) is -0.795. The molecule has 545 valence electrons. The smallest absolute Gasteiger partial charge is 0.530 e. The van der Waals surface area contributed by atoms with Crippen molar-refractivity contribution >= 4 is 70.1 Å². The van der Waals surface area contributed by atoms with Crippen LogP contribution in [0.2, 0.25) is 15.9 Å². The van der Waals surface area contributed by atoms with Crippen molar-refractivity contribution in [1.29, 1.82) is 15.8 Å². The van der Waals surface area contributed by atoms with Crippen LogP contribution in [0.25, 0.3) is 0 Å². The number of aromatic nitrogens is 6. The van der Waals surface area contributed by atoms with Crippen molar-refractivity contribution in [1.82, 2.24) is 44.6 Å². The van der Waals surface area contributed by atoms with Crippen molar-refractivity contribution in [3.63, 3.8) is 0 Å². The maximum Gasteiger partial charge on any atom is 3.00 e. The maximum absolute atomic E-state index is 13.5. The van der Waals surface area contributed by atoms with Gasteiger partial charge in [-0.05, 0) is 200 Å². The van der Waals surface area contributed by atoms with Crippen molar-refractivity contribution < 1.29 is 74.2 Å². The van der Waals surface area contributed by atoms with Crippen molar-refractivity contribution in [2.75, 3.05) is 56.5 Å². The van der Waals surface area contributed by atoms with Gasteiger partial charge in [-0.2, -0.15) is 15.8 Å². The molecule has 6 aromatic carbocycles. The zero-order chi connectivity index (χ0) is 75.3. The van der Waals surface area contributed by atoms with Gasteiger partial charge in [0.1, 0.15) is 71.2 Å². The van der Waals surface area contributed by atoms with E-state index in [1.807, 2.05) is 0 Å². The van der Waals surface area contributed by atoms with Gasteiger partial charge >= 0.3 is 17.1 Å². The second-order valence-electron chi connectivity index (χ2n) is 24.5. The third kappa shape index (κ3) is 18.7. The molecule has 106 heavy (non-hydrogen) atoms. The summed E-state index contributed by atoms with van der Waals surface area (Å²) in [6.07, 6.45) is -3.01. The zero-order valence-electron chi connectivity index (χ0n) is 57.0. The number of halogens is 6. The SMILES string of the molecule is CCN(CC(Oc1cc(N)ccc1C#N)c1nc(Cl)nc2c1CCC2c1ccc(F)cc1)C(=O)[O-].CCN(CC(Oc1cc(N)ccc1C#N)c1nc(Cl)nc2c1CCC2c1ccc(F)cc1)C(=O)[O-].CCN(CC(Oc1cc(N)ccc1C#N)c1nc(Cl)nc2c1CCC2c1ccc(F)cc1)C(=O)[O-].[Fe+3]. The second kappa shape index (κ2) is 35.5. The van der Waals surface area contributed by atoms with E-state index in [9.17, 15) is 58.7 Å². The average molecular weight is 1540 g/mol. The summed E-state index contributed by atoms with van der Waals surface area (Å²) in [6.45, 7) is 5.16. The van der Waals surface area contributed by atoms with Crippen LogP contribution in [0.1, 0.15) is 160 Å². The topological polar surface area (TPSA) is 385 Å². The number of benzene rings is 6. The zero-order valence-corrected chi connectivity index (χ0v) is 60.3. The average Bonchev–Trinajstić information content (AvgIpc) is 1.61. The van der Waals surface area contributed by atoms with Crippen molar-refractivity contribution in [3.05, 3.63) is 245 Å². The molecule has 6 atom stereocenters. The van der Waals surface area contributed by atoms with E-state index in [4.69, 9.17) is 66.2 Å². The number of nitrogen functional groups attached to an aromatic ring is 3. The van der Waals surface area contributed by atoms with E-state index in [2.05, 4.69) is 48.1 Å². The predicted octanol–water partition coefficient (Wildman–Crippen LogP) is 10.8. The molecule has 3 aromatic heterocycles. The maximum atomic E-state index is 13.5. The number of carboxylic acid groups (broad SMARTS) is 3. The summed E-state index contributed by atoms with van der Waals surface area (Å²) in [6, 6.07) is 38.6. The number of hydrogen-bond acceptors (Lipinski definition) is 21. The Labute approximate surface area is 633 Å². The fraction of sp³-hybridized carbons (Fsp3) is 0.280. The van der Waals surface area contributed by atoms with Gasteiger partial charge in [0, 0.05) is 72.6 Å². The Bertz CT molecular complexity index is 4370. The van der Waals surface area contributed by atoms with E-state index in [-0.39, 0.29) is 141 Å². The van der Waals surface area contributed by atoms with Crippen molar-refractivity contribution in [3.8, 4) is 35.5 Å². The first kappa shape index (κ1) is 78.9. The molecule has 3 heterocycles. The van der Waals surface area contributed by atoms with Gasteiger partial charge in [0.05, 0.1) is 70.5 Å². The molecular formula is C75H66Cl3F3FeN15O9. The van der Waals surface area contributed by atoms with E-state index < -0.39 is 36.6 Å². The van der Waals surface area contributed by atoms with Gasteiger partial charge in [-0.1, -0.05) is 36.4 Å². The van der Waals surface area contributed by atoms with E-state index in [1.54, 1.807) is 75.4 Å². The quantitative estimate of drug-likeness (QED) is 0.0342. The molecule has 0 spiro atoms. The monoisotopic (exact) mass is 1540 g/mol. The van der Waals surface area contributed by atoms with Crippen LogP contribution in [-0.2, 0) is 36.3 Å². The first-order valence-electron chi connectivity index (χ1n) is 33.1. The summed E-state index contributed by atoms with van der Waals surface area (Å²) in [4.78, 5) is 65.0.